The first-order chi connectivity index (χ1) is 27.7. The predicted octanol–water partition coefficient (Wildman–Crippen LogP) is 16.1. The van der Waals surface area contributed by atoms with Gasteiger partial charge in [-0.15, -0.1) is 0 Å². The minimum absolute atomic E-state index is 0.0650. The highest BCUT2D eigenvalue weighted by molar-refractivity contribution is 5.71. The third kappa shape index (κ3) is 45.3. The van der Waals surface area contributed by atoms with Gasteiger partial charge >= 0.3 is 17.9 Å². The number of carbonyl (C=O) groups is 3. The molecule has 0 heterocycles. The molecule has 0 amide bonds. The van der Waals surface area contributed by atoms with Crippen LogP contribution in [0.1, 0.15) is 279 Å². The maximum absolute atomic E-state index is 12.8. The van der Waals surface area contributed by atoms with E-state index in [2.05, 4.69) is 34.6 Å². The summed E-state index contributed by atoms with van der Waals surface area (Å²) in [5, 5.41) is 0. The average molecular weight is 807 g/mol. The van der Waals surface area contributed by atoms with Gasteiger partial charge < -0.3 is 14.2 Å². The lowest BCUT2D eigenvalue weighted by atomic mass is 10.0. The smallest absolute Gasteiger partial charge is 0.306 e. The van der Waals surface area contributed by atoms with E-state index < -0.39 is 6.10 Å². The quantitative estimate of drug-likeness (QED) is 0.0346. The van der Waals surface area contributed by atoms with Crippen LogP contribution in [-0.4, -0.2) is 37.2 Å². The largest absolute Gasteiger partial charge is 0.462 e. The Morgan fingerprint density at radius 3 is 0.860 bits per heavy atom. The zero-order chi connectivity index (χ0) is 41.9. The SMILES string of the molecule is CCCCCCCCCCCCCCCCCCCC(=O)O[C@@H](COC(=O)CCCCCCCCCCCCC(C)C)COC(=O)CCCCCCCCC(C)C. The fourth-order valence-electron chi connectivity index (χ4n) is 7.64. The summed E-state index contributed by atoms with van der Waals surface area (Å²) in [6.07, 6.45) is 43.9. The molecule has 0 aliphatic heterocycles. The van der Waals surface area contributed by atoms with Crippen LogP contribution >= 0.6 is 0 Å². The van der Waals surface area contributed by atoms with Gasteiger partial charge in [-0.25, -0.2) is 0 Å². The predicted molar refractivity (Wildman–Crippen MR) is 243 cm³/mol. The Labute approximate surface area is 355 Å². The summed E-state index contributed by atoms with van der Waals surface area (Å²) in [6.45, 7) is 11.3. The van der Waals surface area contributed by atoms with E-state index in [4.69, 9.17) is 14.2 Å². The standard InChI is InChI=1S/C51H98O6/c1-6-7-8-9-10-11-12-13-14-15-16-17-18-23-26-33-38-43-51(54)57-48(45-56-50(53)42-37-32-28-27-30-35-40-47(4)5)44-55-49(52)41-36-31-25-22-20-19-21-24-29-34-39-46(2)3/h46-48H,6-45H2,1-5H3/t48-/m0/s1. The number of hydrogen-bond acceptors (Lipinski definition) is 6. The van der Waals surface area contributed by atoms with Gasteiger partial charge in [0, 0.05) is 19.3 Å². The van der Waals surface area contributed by atoms with E-state index in [0.717, 1.165) is 69.6 Å². The van der Waals surface area contributed by atoms with E-state index in [9.17, 15) is 14.4 Å². The van der Waals surface area contributed by atoms with Crippen molar-refractivity contribution in [3.63, 3.8) is 0 Å². The molecule has 0 radical (unpaired) electrons. The Balaban J connectivity index is 4.27. The summed E-state index contributed by atoms with van der Waals surface area (Å²) in [7, 11) is 0. The van der Waals surface area contributed by atoms with Crippen LogP contribution in [0.4, 0.5) is 0 Å². The summed E-state index contributed by atoms with van der Waals surface area (Å²) in [4.78, 5) is 37.8. The first-order valence-electron chi connectivity index (χ1n) is 25.2. The zero-order valence-corrected chi connectivity index (χ0v) is 39.0. The summed E-state index contributed by atoms with van der Waals surface area (Å²) < 4.78 is 16.8. The molecule has 1 atom stereocenters. The number of rotatable bonds is 45. The van der Waals surface area contributed by atoms with Crippen molar-refractivity contribution in [2.75, 3.05) is 13.2 Å². The Hall–Kier alpha value is -1.59. The molecule has 0 saturated carbocycles. The van der Waals surface area contributed by atoms with Gasteiger partial charge in [0.05, 0.1) is 0 Å². The molecule has 0 aromatic heterocycles. The number of carbonyl (C=O) groups excluding carboxylic acids is 3. The van der Waals surface area contributed by atoms with E-state index in [1.54, 1.807) is 0 Å². The Bertz CT molecular complexity index is 870. The number of ether oxygens (including phenoxy) is 3. The van der Waals surface area contributed by atoms with Gasteiger partial charge in [-0.3, -0.25) is 14.4 Å². The van der Waals surface area contributed by atoms with Gasteiger partial charge in [-0.05, 0) is 31.1 Å². The normalized spacial score (nSPS) is 12.1. The first kappa shape index (κ1) is 55.4. The summed E-state index contributed by atoms with van der Waals surface area (Å²) in [5.74, 6) is 0.726. The van der Waals surface area contributed by atoms with E-state index in [1.807, 2.05) is 0 Å². The summed E-state index contributed by atoms with van der Waals surface area (Å²) in [5.41, 5.74) is 0. The molecular weight excluding hydrogens is 709 g/mol. The van der Waals surface area contributed by atoms with E-state index >= 15 is 0 Å². The molecule has 0 aliphatic carbocycles. The van der Waals surface area contributed by atoms with Crippen molar-refractivity contribution < 1.29 is 28.6 Å². The maximum atomic E-state index is 12.8. The minimum atomic E-state index is -0.762. The Morgan fingerprint density at radius 2 is 0.579 bits per heavy atom. The molecule has 0 fully saturated rings. The highest BCUT2D eigenvalue weighted by Gasteiger charge is 2.19. The van der Waals surface area contributed by atoms with Crippen molar-refractivity contribution in [1.82, 2.24) is 0 Å². The lowest BCUT2D eigenvalue weighted by Crippen LogP contribution is -2.30. The molecule has 0 bridgehead atoms. The molecule has 0 saturated heterocycles. The van der Waals surface area contributed by atoms with Crippen LogP contribution in [0.25, 0.3) is 0 Å². The zero-order valence-electron chi connectivity index (χ0n) is 39.0. The molecule has 57 heavy (non-hydrogen) atoms. The van der Waals surface area contributed by atoms with Crippen LogP contribution in [0.15, 0.2) is 0 Å². The van der Waals surface area contributed by atoms with Crippen LogP contribution < -0.4 is 0 Å². The minimum Gasteiger partial charge on any atom is -0.462 e. The van der Waals surface area contributed by atoms with Gasteiger partial charge in [0.2, 0.25) is 0 Å². The molecule has 0 N–H and O–H groups in total. The maximum Gasteiger partial charge on any atom is 0.306 e. The second-order valence-corrected chi connectivity index (χ2v) is 18.4. The monoisotopic (exact) mass is 807 g/mol. The van der Waals surface area contributed by atoms with Crippen LogP contribution in [0.5, 0.6) is 0 Å². The van der Waals surface area contributed by atoms with Crippen LogP contribution in [-0.2, 0) is 28.6 Å². The van der Waals surface area contributed by atoms with Crippen LogP contribution in [0.2, 0.25) is 0 Å². The van der Waals surface area contributed by atoms with Gasteiger partial charge in [0.15, 0.2) is 6.10 Å². The van der Waals surface area contributed by atoms with Gasteiger partial charge in [-0.1, -0.05) is 240 Å². The van der Waals surface area contributed by atoms with Crippen molar-refractivity contribution in [2.45, 2.75) is 285 Å². The molecule has 0 aliphatic rings. The van der Waals surface area contributed by atoms with Crippen LogP contribution in [0.3, 0.4) is 0 Å². The summed E-state index contributed by atoms with van der Waals surface area (Å²) >= 11 is 0. The molecule has 6 heteroatoms. The second kappa shape index (κ2) is 44.0. The molecule has 0 rings (SSSR count). The first-order valence-corrected chi connectivity index (χ1v) is 25.2. The fourth-order valence-corrected chi connectivity index (χ4v) is 7.64. The molecule has 338 valence electrons. The number of hydrogen-bond donors (Lipinski definition) is 0. The van der Waals surface area contributed by atoms with E-state index in [1.165, 1.54) is 167 Å². The Kier molecular flexibility index (Phi) is 42.7. The van der Waals surface area contributed by atoms with Crippen molar-refractivity contribution in [1.29, 1.82) is 0 Å². The third-order valence-electron chi connectivity index (χ3n) is 11.5. The van der Waals surface area contributed by atoms with Crippen molar-refractivity contribution in [2.24, 2.45) is 11.8 Å². The highest BCUT2D eigenvalue weighted by atomic mass is 16.6. The second-order valence-electron chi connectivity index (χ2n) is 18.4. The number of esters is 3. The molecule has 0 unspecified atom stereocenters. The lowest BCUT2D eigenvalue weighted by molar-refractivity contribution is -0.167. The van der Waals surface area contributed by atoms with Gasteiger partial charge in [0.1, 0.15) is 13.2 Å². The van der Waals surface area contributed by atoms with E-state index in [0.29, 0.717) is 19.3 Å². The van der Waals surface area contributed by atoms with Gasteiger partial charge in [0.25, 0.3) is 0 Å². The molecule has 0 spiro atoms. The average Bonchev–Trinajstić information content (AvgIpc) is 3.18. The van der Waals surface area contributed by atoms with Crippen LogP contribution in [0, 0.1) is 11.8 Å². The molecule has 0 aromatic carbocycles. The molecular formula is C51H98O6. The van der Waals surface area contributed by atoms with Gasteiger partial charge in [-0.2, -0.15) is 0 Å². The fraction of sp³-hybridized carbons (Fsp3) is 0.941. The highest BCUT2D eigenvalue weighted by Crippen LogP contribution is 2.17. The van der Waals surface area contributed by atoms with E-state index in [-0.39, 0.29) is 31.1 Å². The number of unbranched alkanes of at least 4 members (excludes halogenated alkanes) is 30. The third-order valence-corrected chi connectivity index (χ3v) is 11.5. The van der Waals surface area contributed by atoms with Crippen molar-refractivity contribution >= 4 is 17.9 Å². The summed E-state index contributed by atoms with van der Waals surface area (Å²) in [6, 6.07) is 0. The Morgan fingerprint density at radius 1 is 0.333 bits per heavy atom. The molecule has 6 nitrogen and oxygen atoms in total. The van der Waals surface area contributed by atoms with Crippen molar-refractivity contribution in [3.05, 3.63) is 0 Å². The lowest BCUT2D eigenvalue weighted by Gasteiger charge is -2.18. The van der Waals surface area contributed by atoms with Crippen molar-refractivity contribution in [3.8, 4) is 0 Å². The topological polar surface area (TPSA) is 78.9 Å². The molecule has 0 aromatic rings.